The normalized spacial score (nSPS) is 21.3. The number of anilines is 1. The molecule has 0 spiro atoms. The summed E-state index contributed by atoms with van der Waals surface area (Å²) in [4.78, 5) is 73.4. The summed E-state index contributed by atoms with van der Waals surface area (Å²) in [6.45, 7) is 9.40. The van der Waals surface area contributed by atoms with E-state index in [2.05, 4.69) is 51.6 Å². The molecule has 13 nitrogen and oxygen atoms in total. The van der Waals surface area contributed by atoms with Gasteiger partial charge in [-0.15, -0.1) is 0 Å². The van der Waals surface area contributed by atoms with Gasteiger partial charge in [-0.05, 0) is 66.2 Å². The predicted molar refractivity (Wildman–Crippen MR) is 186 cm³/mol. The molecule has 6 rings (SSSR count). The lowest BCUT2D eigenvalue weighted by molar-refractivity contribution is -0.137. The van der Waals surface area contributed by atoms with E-state index in [9.17, 15) is 19.2 Å². The van der Waals surface area contributed by atoms with Crippen LogP contribution in [0.3, 0.4) is 0 Å². The van der Waals surface area contributed by atoms with Crippen molar-refractivity contribution in [1.82, 2.24) is 39.9 Å². The fourth-order valence-corrected chi connectivity index (χ4v) is 6.95. The second kappa shape index (κ2) is 13.4. The van der Waals surface area contributed by atoms with Gasteiger partial charge in [0.25, 0.3) is 0 Å². The Balaban J connectivity index is 1.33. The number of hydrogen-bond acceptors (Lipinski definition) is 9. The summed E-state index contributed by atoms with van der Waals surface area (Å²) in [5.41, 5.74) is 1.69. The number of Topliss-reactive ketones (excluding diaryl/α,β-unsaturated/α-hetero) is 1. The third kappa shape index (κ3) is 7.24. The molecule has 0 aromatic carbocycles. The van der Waals surface area contributed by atoms with E-state index in [0.29, 0.717) is 64.2 Å². The first-order valence-electron chi connectivity index (χ1n) is 16.4. The number of aryl methyl sites for hydroxylation is 2. The lowest BCUT2D eigenvalue weighted by atomic mass is 9.84. The molecule has 4 aromatic heterocycles. The van der Waals surface area contributed by atoms with Gasteiger partial charge in [-0.25, -0.2) is 15.0 Å². The molecule has 2 bridgehead atoms. The zero-order chi connectivity index (χ0) is 35.1. The number of ketones is 1. The maximum Gasteiger partial charge on any atom is 0.248 e. The number of likely N-dealkylation sites (tertiary alicyclic amines) is 1. The van der Waals surface area contributed by atoms with Gasteiger partial charge in [-0.1, -0.05) is 33.3 Å². The molecular formula is C35H40BrN9O4. The van der Waals surface area contributed by atoms with Crippen molar-refractivity contribution in [2.24, 2.45) is 10.8 Å². The third-order valence-electron chi connectivity index (χ3n) is 9.54. The average Bonchev–Trinajstić information content (AvgIpc) is 3.60. The molecule has 2 N–H and O–H groups in total. The summed E-state index contributed by atoms with van der Waals surface area (Å²) in [5.74, 6) is 0.0577. The number of aromatic nitrogens is 6. The molecule has 0 radical (unpaired) electrons. The van der Waals surface area contributed by atoms with Crippen LogP contribution in [0.15, 0.2) is 41.4 Å². The summed E-state index contributed by atoms with van der Waals surface area (Å²) < 4.78 is 2.05. The number of rotatable bonds is 4. The molecule has 4 aromatic rings. The van der Waals surface area contributed by atoms with Gasteiger partial charge in [0.05, 0.1) is 17.4 Å². The minimum Gasteiger partial charge on any atom is -0.355 e. The van der Waals surface area contributed by atoms with Crippen LogP contribution in [0.2, 0.25) is 0 Å². The van der Waals surface area contributed by atoms with E-state index in [1.807, 2.05) is 32.9 Å². The van der Waals surface area contributed by atoms with Gasteiger partial charge in [-0.2, -0.15) is 5.10 Å². The maximum atomic E-state index is 14.2. The lowest BCUT2D eigenvalue weighted by Crippen LogP contribution is -2.45. The van der Waals surface area contributed by atoms with Crippen molar-refractivity contribution in [3.8, 4) is 11.3 Å². The molecule has 2 atom stereocenters. The molecular weight excluding hydrogens is 690 g/mol. The van der Waals surface area contributed by atoms with Crippen LogP contribution in [0.5, 0.6) is 0 Å². The van der Waals surface area contributed by atoms with Crippen molar-refractivity contribution in [2.45, 2.75) is 79.3 Å². The first-order chi connectivity index (χ1) is 23.2. The minimum absolute atomic E-state index is 0.0517. The van der Waals surface area contributed by atoms with Crippen molar-refractivity contribution in [3.05, 3.63) is 58.5 Å². The Morgan fingerprint density at radius 1 is 1.06 bits per heavy atom. The topological polar surface area (TPSA) is 165 Å². The largest absolute Gasteiger partial charge is 0.355 e. The number of nitrogens with zero attached hydrogens (tertiary/aromatic N) is 7. The number of carbonyl (C=O) groups excluding carboxylic acids is 4. The van der Waals surface area contributed by atoms with Gasteiger partial charge in [0.15, 0.2) is 5.78 Å². The van der Waals surface area contributed by atoms with E-state index in [1.165, 1.54) is 11.6 Å². The zero-order valence-electron chi connectivity index (χ0n) is 28.3. The van der Waals surface area contributed by atoms with Crippen LogP contribution in [-0.4, -0.2) is 77.3 Å². The minimum atomic E-state index is -0.832. The summed E-state index contributed by atoms with van der Waals surface area (Å²) >= 11 is 3.43. The highest BCUT2D eigenvalue weighted by Gasteiger charge is 2.47. The van der Waals surface area contributed by atoms with Crippen molar-refractivity contribution in [2.75, 3.05) is 18.4 Å². The first kappa shape index (κ1) is 34.3. The number of fused-ring (bicyclic) bond motifs is 4. The molecule has 2 aliphatic heterocycles. The highest BCUT2D eigenvalue weighted by atomic mass is 79.9. The quantitative estimate of drug-likeness (QED) is 0.224. The summed E-state index contributed by atoms with van der Waals surface area (Å²) in [6.07, 6.45) is 8.29. The van der Waals surface area contributed by atoms with Crippen LogP contribution >= 0.6 is 15.9 Å². The Bertz CT molecular complexity index is 1960. The van der Waals surface area contributed by atoms with Gasteiger partial charge < -0.3 is 15.5 Å². The first-order valence-corrected chi connectivity index (χ1v) is 17.2. The van der Waals surface area contributed by atoms with Gasteiger partial charge in [0.1, 0.15) is 34.5 Å². The van der Waals surface area contributed by atoms with E-state index in [4.69, 9.17) is 0 Å². The Morgan fingerprint density at radius 2 is 1.82 bits per heavy atom. The summed E-state index contributed by atoms with van der Waals surface area (Å²) in [5, 5.41) is 11.2. The predicted octanol–water partition coefficient (Wildman–Crippen LogP) is 4.67. The van der Waals surface area contributed by atoms with E-state index in [1.54, 1.807) is 36.5 Å². The summed E-state index contributed by atoms with van der Waals surface area (Å²) in [7, 11) is 0. The number of hydrogen-bond donors (Lipinski definition) is 2. The number of pyridine rings is 2. The Kier molecular flexibility index (Phi) is 9.36. The highest BCUT2D eigenvalue weighted by Crippen LogP contribution is 2.36. The third-order valence-corrected chi connectivity index (χ3v) is 9.99. The smallest absolute Gasteiger partial charge is 0.248 e. The van der Waals surface area contributed by atoms with Crippen molar-refractivity contribution < 1.29 is 19.2 Å². The maximum absolute atomic E-state index is 14.2. The van der Waals surface area contributed by atoms with Crippen molar-refractivity contribution >= 4 is 56.2 Å². The van der Waals surface area contributed by atoms with E-state index < -0.39 is 16.9 Å². The molecule has 1 fully saturated rings. The molecule has 0 saturated carbocycles. The Hall–Kier alpha value is -4.59. The van der Waals surface area contributed by atoms with Crippen LogP contribution in [0.1, 0.15) is 75.3 Å². The van der Waals surface area contributed by atoms with Crippen LogP contribution in [0, 0.1) is 17.8 Å². The monoisotopic (exact) mass is 729 g/mol. The summed E-state index contributed by atoms with van der Waals surface area (Å²) in [6, 6.07) is 4.69. The highest BCUT2D eigenvalue weighted by molar-refractivity contribution is 9.10. The van der Waals surface area contributed by atoms with Crippen molar-refractivity contribution in [3.63, 3.8) is 0 Å². The SMILES string of the molecule is CC(=O)c1nn(CC(=O)N2C[C@@]3(C)CNC(=O)C(C)(C)CCCCc4ccc(Br)nc4NC(=O)[C@@H]2C3)c2cnc(-c3cnc(C)nc3)cc12. The fraction of sp³-hybridized carbons (Fsp3) is 0.457. The molecule has 6 heterocycles. The van der Waals surface area contributed by atoms with Gasteiger partial charge in [0, 0.05) is 54.2 Å². The van der Waals surface area contributed by atoms with E-state index in [0.717, 1.165) is 18.4 Å². The lowest BCUT2D eigenvalue weighted by Gasteiger charge is -2.29. The molecule has 14 heteroatoms. The van der Waals surface area contributed by atoms with E-state index in [-0.39, 0.29) is 42.3 Å². The number of amides is 3. The second-order valence-corrected chi connectivity index (χ2v) is 14.9. The molecule has 1 saturated heterocycles. The van der Waals surface area contributed by atoms with Gasteiger partial charge in [-0.3, -0.25) is 28.8 Å². The second-order valence-electron chi connectivity index (χ2n) is 14.1. The molecule has 0 aliphatic carbocycles. The van der Waals surface area contributed by atoms with Crippen LogP contribution in [-0.2, 0) is 27.3 Å². The molecule has 3 amide bonds. The van der Waals surface area contributed by atoms with Gasteiger partial charge >= 0.3 is 0 Å². The molecule has 49 heavy (non-hydrogen) atoms. The van der Waals surface area contributed by atoms with Gasteiger partial charge in [0.2, 0.25) is 17.7 Å². The zero-order valence-corrected chi connectivity index (χ0v) is 29.9. The number of halogens is 1. The molecule has 0 unspecified atom stereocenters. The van der Waals surface area contributed by atoms with Crippen LogP contribution in [0.4, 0.5) is 5.82 Å². The number of carbonyl (C=O) groups is 4. The van der Waals surface area contributed by atoms with Crippen LogP contribution in [0.25, 0.3) is 22.2 Å². The standard InChI is InChI=1S/C35H40BrN9O4/c1-20(46)30-24-12-25(23-14-37-21(2)38-15-23)39-16-27(24)45(43-30)17-29(47)44-19-35(5)13-26(44)32(48)42-31-22(9-10-28(36)41-31)8-6-7-11-34(3,4)33(49)40-18-35/h9-10,12,14-16,26H,6-8,11,13,17-19H2,1-5H3,(H,40,49)(H,41,42,48)/t26-,35+/m0/s1. The Labute approximate surface area is 292 Å². The number of nitrogens with one attached hydrogen (secondary N) is 2. The Morgan fingerprint density at radius 3 is 2.55 bits per heavy atom. The van der Waals surface area contributed by atoms with Crippen molar-refractivity contribution in [1.29, 1.82) is 0 Å². The van der Waals surface area contributed by atoms with E-state index >= 15 is 0 Å². The molecule has 256 valence electrons. The van der Waals surface area contributed by atoms with Crippen LogP contribution < -0.4 is 10.6 Å². The fourth-order valence-electron chi connectivity index (χ4n) is 6.64. The molecule has 2 aliphatic rings. The average molecular weight is 731 g/mol.